The van der Waals surface area contributed by atoms with Crippen molar-refractivity contribution in [1.82, 2.24) is 5.32 Å². The van der Waals surface area contributed by atoms with Crippen molar-refractivity contribution in [2.75, 3.05) is 20.3 Å². The Kier molecular flexibility index (Phi) is 6.63. The lowest BCUT2D eigenvalue weighted by Gasteiger charge is -2.09. The van der Waals surface area contributed by atoms with Crippen LogP contribution in [0.3, 0.4) is 0 Å². The van der Waals surface area contributed by atoms with Gasteiger partial charge in [-0.2, -0.15) is 0 Å². The molecule has 0 aliphatic carbocycles. The molecule has 1 amide bonds. The highest BCUT2D eigenvalue weighted by molar-refractivity contribution is 6.33. The second-order valence-electron chi connectivity index (χ2n) is 4.97. The number of carbonyl (C=O) groups excluding carboxylic acids is 2. The van der Waals surface area contributed by atoms with E-state index in [0.29, 0.717) is 18.0 Å². The number of ether oxygens (including phenoxy) is 2. The van der Waals surface area contributed by atoms with Crippen LogP contribution in [0, 0.1) is 0 Å². The van der Waals surface area contributed by atoms with E-state index in [1.807, 2.05) is 24.3 Å². The number of rotatable bonds is 7. The van der Waals surface area contributed by atoms with Crippen molar-refractivity contribution in [2.24, 2.45) is 0 Å². The van der Waals surface area contributed by atoms with E-state index in [2.05, 4.69) is 5.32 Å². The molecule has 5 nitrogen and oxygen atoms in total. The van der Waals surface area contributed by atoms with E-state index >= 15 is 0 Å². The van der Waals surface area contributed by atoms with E-state index in [0.717, 1.165) is 11.3 Å². The smallest absolute Gasteiger partial charge is 0.340 e. The van der Waals surface area contributed by atoms with Crippen molar-refractivity contribution < 1.29 is 19.1 Å². The van der Waals surface area contributed by atoms with E-state index in [1.165, 1.54) is 0 Å². The topological polar surface area (TPSA) is 64.6 Å². The quantitative estimate of drug-likeness (QED) is 0.782. The van der Waals surface area contributed by atoms with Gasteiger partial charge in [-0.1, -0.05) is 41.9 Å². The molecule has 0 aliphatic rings. The first-order valence-electron chi connectivity index (χ1n) is 7.42. The van der Waals surface area contributed by atoms with Gasteiger partial charge in [-0.05, 0) is 30.2 Å². The van der Waals surface area contributed by atoms with Gasteiger partial charge in [-0.3, -0.25) is 4.79 Å². The van der Waals surface area contributed by atoms with Crippen molar-refractivity contribution in [3.8, 4) is 5.75 Å². The maximum Gasteiger partial charge on any atom is 0.340 e. The minimum absolute atomic E-state index is 0.237. The minimum atomic E-state index is -0.625. The number of amides is 1. The molecule has 6 heteroatoms. The lowest BCUT2D eigenvalue weighted by molar-refractivity contribution is -0.124. The molecule has 0 aliphatic heterocycles. The molecule has 0 saturated heterocycles. The van der Waals surface area contributed by atoms with Crippen molar-refractivity contribution >= 4 is 23.5 Å². The van der Waals surface area contributed by atoms with Gasteiger partial charge in [0, 0.05) is 6.54 Å². The third-order valence-corrected chi connectivity index (χ3v) is 3.67. The maximum absolute atomic E-state index is 11.8. The Labute approximate surface area is 145 Å². The van der Waals surface area contributed by atoms with Crippen LogP contribution in [-0.4, -0.2) is 32.1 Å². The molecule has 0 spiro atoms. The monoisotopic (exact) mass is 347 g/mol. The molecular formula is C18H18ClNO4. The van der Waals surface area contributed by atoms with Crippen LogP contribution in [0.2, 0.25) is 5.02 Å². The number of nitrogens with one attached hydrogen (secondary N) is 1. The van der Waals surface area contributed by atoms with Gasteiger partial charge >= 0.3 is 5.97 Å². The number of hydrogen-bond donors (Lipinski definition) is 1. The summed E-state index contributed by atoms with van der Waals surface area (Å²) in [6.07, 6.45) is 0.619. The van der Waals surface area contributed by atoms with Crippen molar-refractivity contribution in [3.63, 3.8) is 0 Å². The van der Waals surface area contributed by atoms with E-state index < -0.39 is 5.97 Å². The van der Waals surface area contributed by atoms with Gasteiger partial charge in [-0.25, -0.2) is 4.79 Å². The van der Waals surface area contributed by atoms with Gasteiger partial charge in [0.25, 0.3) is 5.91 Å². The van der Waals surface area contributed by atoms with Crippen LogP contribution in [-0.2, 0) is 16.0 Å². The highest BCUT2D eigenvalue weighted by Crippen LogP contribution is 2.17. The molecule has 0 heterocycles. The number of esters is 1. The van der Waals surface area contributed by atoms with Gasteiger partial charge < -0.3 is 14.8 Å². The van der Waals surface area contributed by atoms with Gasteiger partial charge in [-0.15, -0.1) is 0 Å². The first-order chi connectivity index (χ1) is 11.6. The number of carbonyl (C=O) groups is 2. The van der Waals surface area contributed by atoms with Crippen LogP contribution in [0.1, 0.15) is 15.9 Å². The minimum Gasteiger partial charge on any atom is -0.496 e. The molecule has 24 heavy (non-hydrogen) atoms. The zero-order chi connectivity index (χ0) is 17.4. The Morgan fingerprint density at radius 1 is 1.08 bits per heavy atom. The zero-order valence-electron chi connectivity index (χ0n) is 13.3. The Hall–Kier alpha value is -2.53. The Morgan fingerprint density at radius 3 is 2.54 bits per heavy atom. The van der Waals surface area contributed by atoms with Gasteiger partial charge in [0.1, 0.15) is 5.75 Å². The summed E-state index contributed by atoms with van der Waals surface area (Å²) < 4.78 is 10.2. The summed E-state index contributed by atoms with van der Waals surface area (Å²) in [6, 6.07) is 14.1. The molecule has 0 bridgehead atoms. The molecule has 0 radical (unpaired) electrons. The zero-order valence-corrected chi connectivity index (χ0v) is 14.0. The average molecular weight is 348 g/mol. The molecule has 0 saturated carbocycles. The number of halogens is 1. The molecular weight excluding hydrogens is 330 g/mol. The first kappa shape index (κ1) is 17.8. The van der Waals surface area contributed by atoms with Gasteiger partial charge in [0.05, 0.1) is 17.7 Å². The summed E-state index contributed by atoms with van der Waals surface area (Å²) in [5.41, 5.74) is 1.23. The van der Waals surface area contributed by atoms with Crippen LogP contribution < -0.4 is 10.1 Å². The molecule has 2 rings (SSSR count). The maximum atomic E-state index is 11.8. The third-order valence-electron chi connectivity index (χ3n) is 3.34. The fraction of sp³-hybridized carbons (Fsp3) is 0.222. The normalized spacial score (nSPS) is 10.1. The summed E-state index contributed by atoms with van der Waals surface area (Å²) in [7, 11) is 1.60. The fourth-order valence-electron chi connectivity index (χ4n) is 2.13. The summed E-state index contributed by atoms with van der Waals surface area (Å²) in [4.78, 5) is 23.6. The highest BCUT2D eigenvalue weighted by Gasteiger charge is 2.13. The summed E-state index contributed by atoms with van der Waals surface area (Å²) >= 11 is 5.90. The van der Waals surface area contributed by atoms with Crippen molar-refractivity contribution in [1.29, 1.82) is 0 Å². The summed E-state index contributed by atoms with van der Waals surface area (Å²) in [5.74, 6) is -0.220. The molecule has 0 aromatic heterocycles. The fourth-order valence-corrected chi connectivity index (χ4v) is 2.35. The molecule has 126 valence electrons. The van der Waals surface area contributed by atoms with Crippen LogP contribution in [0.15, 0.2) is 48.5 Å². The predicted octanol–water partition coefficient (Wildman–Crippen LogP) is 2.86. The van der Waals surface area contributed by atoms with E-state index in [4.69, 9.17) is 21.1 Å². The van der Waals surface area contributed by atoms with Crippen molar-refractivity contribution in [3.05, 3.63) is 64.7 Å². The highest BCUT2D eigenvalue weighted by atomic mass is 35.5. The van der Waals surface area contributed by atoms with Crippen LogP contribution in [0.5, 0.6) is 5.75 Å². The molecule has 0 atom stereocenters. The first-order valence-corrected chi connectivity index (χ1v) is 7.80. The SMILES string of the molecule is COc1ccccc1CCNC(=O)COC(=O)c1ccccc1Cl. The molecule has 1 N–H and O–H groups in total. The predicted molar refractivity (Wildman–Crippen MR) is 91.4 cm³/mol. The number of methoxy groups -OCH3 is 1. The lowest BCUT2D eigenvalue weighted by Crippen LogP contribution is -2.30. The van der Waals surface area contributed by atoms with E-state index in [9.17, 15) is 9.59 Å². The Balaban J connectivity index is 1.76. The van der Waals surface area contributed by atoms with Crippen molar-refractivity contribution in [2.45, 2.75) is 6.42 Å². The molecule has 0 unspecified atom stereocenters. The van der Waals surface area contributed by atoms with E-state index in [1.54, 1.807) is 31.4 Å². The Morgan fingerprint density at radius 2 is 1.79 bits per heavy atom. The largest absolute Gasteiger partial charge is 0.496 e. The number of benzene rings is 2. The number of hydrogen-bond acceptors (Lipinski definition) is 4. The molecule has 0 fully saturated rings. The lowest BCUT2D eigenvalue weighted by atomic mass is 10.1. The standard InChI is InChI=1S/C18H18ClNO4/c1-23-16-9-5-2-6-13(16)10-11-20-17(21)12-24-18(22)14-7-3-4-8-15(14)19/h2-9H,10-12H2,1H3,(H,20,21). The summed E-state index contributed by atoms with van der Waals surface area (Å²) in [6.45, 7) is 0.0683. The summed E-state index contributed by atoms with van der Waals surface area (Å²) in [5, 5.41) is 2.99. The van der Waals surface area contributed by atoms with Gasteiger partial charge in [0.2, 0.25) is 0 Å². The average Bonchev–Trinajstić information content (AvgIpc) is 2.60. The number of para-hydroxylation sites is 1. The second-order valence-corrected chi connectivity index (χ2v) is 5.37. The molecule has 2 aromatic rings. The van der Waals surface area contributed by atoms with Crippen LogP contribution in [0.25, 0.3) is 0 Å². The third kappa shape index (κ3) is 4.99. The van der Waals surface area contributed by atoms with Crippen LogP contribution >= 0.6 is 11.6 Å². The van der Waals surface area contributed by atoms with Gasteiger partial charge in [0.15, 0.2) is 6.61 Å². The Bertz CT molecular complexity index is 718. The second kappa shape index (κ2) is 8.93. The molecule has 2 aromatic carbocycles. The van der Waals surface area contributed by atoms with E-state index in [-0.39, 0.29) is 18.1 Å². The van der Waals surface area contributed by atoms with Crippen LogP contribution in [0.4, 0.5) is 0 Å².